The standard InChI is InChI=1S/C12H18ClN3/c1-16(9-10-4-2-3-5-10)12-7-6-11(8-13)14-15-12/h6-7,10H,2-5,8-9H2,1H3. The van der Waals surface area contributed by atoms with Crippen molar-refractivity contribution in [3.63, 3.8) is 0 Å². The minimum Gasteiger partial charge on any atom is -0.358 e. The Morgan fingerprint density at radius 1 is 1.31 bits per heavy atom. The molecule has 0 bridgehead atoms. The number of hydrogen-bond donors (Lipinski definition) is 0. The predicted molar refractivity (Wildman–Crippen MR) is 66.8 cm³/mol. The number of halogens is 1. The topological polar surface area (TPSA) is 29.0 Å². The lowest BCUT2D eigenvalue weighted by atomic mass is 10.1. The van der Waals surface area contributed by atoms with Crippen LogP contribution in [0.3, 0.4) is 0 Å². The first kappa shape index (κ1) is 11.6. The summed E-state index contributed by atoms with van der Waals surface area (Å²) in [5.74, 6) is 2.21. The molecule has 1 saturated carbocycles. The lowest BCUT2D eigenvalue weighted by Gasteiger charge is -2.21. The van der Waals surface area contributed by atoms with Crippen LogP contribution in [-0.4, -0.2) is 23.8 Å². The van der Waals surface area contributed by atoms with Gasteiger partial charge in [-0.15, -0.1) is 16.7 Å². The molecule has 1 aromatic rings. The maximum Gasteiger partial charge on any atom is 0.150 e. The van der Waals surface area contributed by atoms with Crippen molar-refractivity contribution in [2.24, 2.45) is 5.92 Å². The van der Waals surface area contributed by atoms with E-state index >= 15 is 0 Å². The van der Waals surface area contributed by atoms with E-state index in [1.807, 2.05) is 12.1 Å². The van der Waals surface area contributed by atoms with Gasteiger partial charge in [0.15, 0.2) is 5.82 Å². The Hall–Kier alpha value is -0.830. The molecule has 4 heteroatoms. The number of nitrogens with zero attached hydrogens (tertiary/aromatic N) is 3. The zero-order valence-corrected chi connectivity index (χ0v) is 10.5. The molecule has 1 heterocycles. The molecule has 0 radical (unpaired) electrons. The molecule has 1 aliphatic rings. The summed E-state index contributed by atoms with van der Waals surface area (Å²) in [6.45, 7) is 1.09. The van der Waals surface area contributed by atoms with Crippen LogP contribution in [0, 0.1) is 5.92 Å². The smallest absolute Gasteiger partial charge is 0.150 e. The molecular weight excluding hydrogens is 222 g/mol. The average Bonchev–Trinajstić information content (AvgIpc) is 2.82. The molecule has 0 aliphatic heterocycles. The molecule has 0 N–H and O–H groups in total. The molecule has 0 aromatic carbocycles. The Balaban J connectivity index is 1.94. The molecule has 0 spiro atoms. The van der Waals surface area contributed by atoms with E-state index in [-0.39, 0.29) is 0 Å². The Morgan fingerprint density at radius 3 is 2.62 bits per heavy atom. The van der Waals surface area contributed by atoms with Gasteiger partial charge in [0.1, 0.15) is 0 Å². The van der Waals surface area contributed by atoms with Gasteiger partial charge in [-0.25, -0.2) is 0 Å². The quantitative estimate of drug-likeness (QED) is 0.757. The van der Waals surface area contributed by atoms with Gasteiger partial charge in [0.2, 0.25) is 0 Å². The van der Waals surface area contributed by atoms with Crippen LogP contribution in [0.1, 0.15) is 31.4 Å². The van der Waals surface area contributed by atoms with Crippen molar-refractivity contribution < 1.29 is 0 Å². The van der Waals surface area contributed by atoms with Crippen LogP contribution < -0.4 is 4.90 Å². The van der Waals surface area contributed by atoms with Crippen LogP contribution in [0.5, 0.6) is 0 Å². The molecule has 3 nitrogen and oxygen atoms in total. The number of rotatable bonds is 4. The fourth-order valence-corrected chi connectivity index (χ4v) is 2.44. The van der Waals surface area contributed by atoms with Crippen LogP contribution in [0.15, 0.2) is 12.1 Å². The summed E-state index contributed by atoms with van der Waals surface area (Å²) in [4.78, 5) is 2.20. The Labute approximate surface area is 102 Å². The SMILES string of the molecule is CN(CC1CCCC1)c1ccc(CCl)nn1. The van der Waals surface area contributed by atoms with Gasteiger partial charge in [-0.3, -0.25) is 0 Å². The van der Waals surface area contributed by atoms with Crippen LogP contribution in [0.2, 0.25) is 0 Å². The summed E-state index contributed by atoms with van der Waals surface area (Å²) >= 11 is 5.68. The molecule has 0 saturated heterocycles. The van der Waals surface area contributed by atoms with Crippen molar-refractivity contribution in [3.8, 4) is 0 Å². The summed E-state index contributed by atoms with van der Waals surface area (Å²) in [5, 5.41) is 8.25. The highest BCUT2D eigenvalue weighted by Crippen LogP contribution is 2.26. The third-order valence-electron chi connectivity index (χ3n) is 3.24. The summed E-state index contributed by atoms with van der Waals surface area (Å²) in [6.07, 6.45) is 5.49. The van der Waals surface area contributed by atoms with Crippen molar-refractivity contribution in [1.82, 2.24) is 10.2 Å². The lowest BCUT2D eigenvalue weighted by Crippen LogP contribution is -2.25. The third-order valence-corrected chi connectivity index (χ3v) is 3.51. The Morgan fingerprint density at radius 2 is 2.06 bits per heavy atom. The number of hydrogen-bond acceptors (Lipinski definition) is 3. The molecule has 1 fully saturated rings. The Kier molecular flexibility index (Phi) is 3.99. The van der Waals surface area contributed by atoms with Crippen molar-refractivity contribution >= 4 is 17.4 Å². The van der Waals surface area contributed by atoms with Gasteiger partial charge in [0.05, 0.1) is 11.6 Å². The second-order valence-electron chi connectivity index (χ2n) is 4.55. The number of alkyl halides is 1. The molecule has 0 unspecified atom stereocenters. The minimum absolute atomic E-state index is 0.430. The fraction of sp³-hybridized carbons (Fsp3) is 0.667. The zero-order chi connectivity index (χ0) is 11.4. The van der Waals surface area contributed by atoms with Gasteiger partial charge in [0, 0.05) is 13.6 Å². The van der Waals surface area contributed by atoms with E-state index in [2.05, 4.69) is 22.1 Å². The van der Waals surface area contributed by atoms with E-state index in [1.54, 1.807) is 0 Å². The van der Waals surface area contributed by atoms with E-state index in [4.69, 9.17) is 11.6 Å². The molecule has 1 aliphatic carbocycles. The van der Waals surface area contributed by atoms with Crippen LogP contribution in [0.4, 0.5) is 5.82 Å². The first-order valence-electron chi connectivity index (χ1n) is 5.89. The van der Waals surface area contributed by atoms with Crippen LogP contribution >= 0.6 is 11.6 Å². The maximum atomic E-state index is 5.68. The van der Waals surface area contributed by atoms with Crippen molar-refractivity contribution in [2.45, 2.75) is 31.6 Å². The van der Waals surface area contributed by atoms with Gasteiger partial charge < -0.3 is 4.90 Å². The number of anilines is 1. The summed E-state index contributed by atoms with van der Waals surface area (Å²) in [6, 6.07) is 3.94. The van der Waals surface area contributed by atoms with E-state index in [0.29, 0.717) is 5.88 Å². The van der Waals surface area contributed by atoms with Crippen molar-refractivity contribution in [1.29, 1.82) is 0 Å². The average molecular weight is 240 g/mol. The molecule has 88 valence electrons. The fourth-order valence-electron chi connectivity index (χ4n) is 2.30. The van der Waals surface area contributed by atoms with Gasteiger partial charge in [-0.2, -0.15) is 5.10 Å². The van der Waals surface area contributed by atoms with E-state index in [1.165, 1.54) is 25.7 Å². The van der Waals surface area contributed by atoms with Crippen LogP contribution in [0.25, 0.3) is 0 Å². The van der Waals surface area contributed by atoms with Crippen LogP contribution in [-0.2, 0) is 5.88 Å². The largest absolute Gasteiger partial charge is 0.358 e. The second kappa shape index (κ2) is 5.48. The molecule has 1 aromatic heterocycles. The Bertz CT molecular complexity index is 320. The molecule has 0 amide bonds. The summed E-state index contributed by atoms with van der Waals surface area (Å²) < 4.78 is 0. The molecule has 16 heavy (non-hydrogen) atoms. The molecule has 0 atom stereocenters. The van der Waals surface area contributed by atoms with E-state index < -0.39 is 0 Å². The highest BCUT2D eigenvalue weighted by molar-refractivity contribution is 6.16. The van der Waals surface area contributed by atoms with Gasteiger partial charge in [-0.05, 0) is 30.9 Å². The monoisotopic (exact) mass is 239 g/mol. The van der Waals surface area contributed by atoms with Crippen molar-refractivity contribution in [2.75, 3.05) is 18.5 Å². The highest BCUT2D eigenvalue weighted by Gasteiger charge is 2.17. The zero-order valence-electron chi connectivity index (χ0n) is 9.69. The van der Waals surface area contributed by atoms with Gasteiger partial charge >= 0.3 is 0 Å². The van der Waals surface area contributed by atoms with Crippen molar-refractivity contribution in [3.05, 3.63) is 17.8 Å². The van der Waals surface area contributed by atoms with Gasteiger partial charge in [0.25, 0.3) is 0 Å². The molecular formula is C12H18ClN3. The maximum absolute atomic E-state index is 5.68. The summed E-state index contributed by atoms with van der Waals surface area (Å²) in [5.41, 5.74) is 0.833. The normalized spacial score (nSPS) is 16.6. The first-order valence-corrected chi connectivity index (χ1v) is 6.43. The third kappa shape index (κ3) is 2.85. The second-order valence-corrected chi connectivity index (χ2v) is 4.81. The first-order chi connectivity index (χ1) is 7.79. The lowest BCUT2D eigenvalue weighted by molar-refractivity contribution is 0.544. The van der Waals surface area contributed by atoms with E-state index in [9.17, 15) is 0 Å². The van der Waals surface area contributed by atoms with Gasteiger partial charge in [-0.1, -0.05) is 12.8 Å². The minimum atomic E-state index is 0.430. The number of aromatic nitrogens is 2. The molecule has 2 rings (SSSR count). The predicted octanol–water partition coefficient (Wildman–Crippen LogP) is 2.84. The highest BCUT2D eigenvalue weighted by atomic mass is 35.5. The summed E-state index contributed by atoms with van der Waals surface area (Å²) in [7, 11) is 2.09. The van der Waals surface area contributed by atoms with E-state index in [0.717, 1.165) is 24.0 Å².